The van der Waals surface area contributed by atoms with Crippen molar-refractivity contribution < 1.29 is 14.3 Å². The summed E-state index contributed by atoms with van der Waals surface area (Å²) in [5.41, 5.74) is 4.67. The average molecular weight is 435 g/mol. The molecule has 2 aromatic rings. The minimum absolute atomic E-state index is 0.00137. The molecule has 1 aliphatic carbocycles. The van der Waals surface area contributed by atoms with Crippen molar-refractivity contribution in [1.82, 2.24) is 10.2 Å². The Morgan fingerprint density at radius 1 is 1.12 bits per heavy atom. The predicted molar refractivity (Wildman–Crippen MR) is 126 cm³/mol. The number of ether oxygens (including phenoxy) is 1. The average Bonchev–Trinajstić information content (AvgIpc) is 3.35. The molecule has 5 nitrogen and oxygen atoms in total. The summed E-state index contributed by atoms with van der Waals surface area (Å²) in [7, 11) is 0. The van der Waals surface area contributed by atoms with E-state index in [1.54, 1.807) is 0 Å². The number of nitrogens with zero attached hydrogens (tertiary/aromatic N) is 1. The molecule has 4 rings (SSSR count). The van der Waals surface area contributed by atoms with E-state index in [0.717, 1.165) is 56.2 Å². The molecule has 1 atom stereocenters. The molecule has 0 radical (unpaired) electrons. The van der Waals surface area contributed by atoms with Crippen LogP contribution in [0.3, 0.4) is 0 Å². The number of benzene rings is 2. The first kappa shape index (κ1) is 22.4. The predicted octanol–water partition coefficient (Wildman–Crippen LogP) is 4.56. The van der Waals surface area contributed by atoms with Gasteiger partial charge in [0.1, 0.15) is 5.75 Å². The minimum Gasteiger partial charge on any atom is -0.484 e. The highest BCUT2D eigenvalue weighted by atomic mass is 16.5. The summed E-state index contributed by atoms with van der Waals surface area (Å²) in [4.78, 5) is 27.6. The molecule has 0 saturated heterocycles. The Morgan fingerprint density at radius 3 is 2.69 bits per heavy atom. The highest BCUT2D eigenvalue weighted by Crippen LogP contribution is 2.39. The lowest BCUT2D eigenvalue weighted by Gasteiger charge is -2.39. The Hall–Kier alpha value is -2.82. The number of carbonyl (C=O) groups excluding carboxylic acids is 2. The maximum atomic E-state index is 13.5. The van der Waals surface area contributed by atoms with Crippen LogP contribution in [-0.2, 0) is 16.0 Å². The molecule has 1 N–H and O–H groups in total. The quantitative estimate of drug-likeness (QED) is 0.695. The molecule has 1 aliphatic heterocycles. The van der Waals surface area contributed by atoms with Crippen LogP contribution in [0.1, 0.15) is 67.3 Å². The first-order valence-electron chi connectivity index (χ1n) is 12.0. The van der Waals surface area contributed by atoms with E-state index in [0.29, 0.717) is 12.3 Å². The Kier molecular flexibility index (Phi) is 7.13. The van der Waals surface area contributed by atoms with Gasteiger partial charge in [0.15, 0.2) is 6.61 Å². The molecule has 2 aliphatic rings. The van der Waals surface area contributed by atoms with E-state index in [1.165, 1.54) is 11.1 Å². The van der Waals surface area contributed by atoms with E-state index in [2.05, 4.69) is 47.5 Å². The summed E-state index contributed by atoms with van der Waals surface area (Å²) in [6.07, 6.45) is 6.03. The normalized spacial score (nSPS) is 18.3. The summed E-state index contributed by atoms with van der Waals surface area (Å²) < 4.78 is 5.82. The van der Waals surface area contributed by atoms with Gasteiger partial charge in [0.05, 0.1) is 6.04 Å². The third kappa shape index (κ3) is 4.98. The molecule has 1 saturated carbocycles. The molecule has 2 aromatic carbocycles. The maximum absolute atomic E-state index is 13.5. The number of amides is 2. The summed E-state index contributed by atoms with van der Waals surface area (Å²) >= 11 is 0. The number of hydrogen-bond acceptors (Lipinski definition) is 3. The number of rotatable bonds is 7. The SMILES string of the molecule is CCCNC(=O)COc1ccc2c(c1)[C@@H](c1cccc(C)c1)N(C(=O)C1CCCC1)CC2. The molecular formula is C27H34N2O3. The summed E-state index contributed by atoms with van der Waals surface area (Å²) in [6.45, 7) is 5.50. The van der Waals surface area contributed by atoms with Gasteiger partial charge in [0, 0.05) is 19.0 Å². The molecule has 32 heavy (non-hydrogen) atoms. The van der Waals surface area contributed by atoms with Crippen molar-refractivity contribution in [3.05, 3.63) is 64.7 Å². The molecule has 1 fully saturated rings. The second-order valence-corrected chi connectivity index (χ2v) is 9.08. The monoisotopic (exact) mass is 434 g/mol. The second-order valence-electron chi connectivity index (χ2n) is 9.08. The molecule has 170 valence electrons. The van der Waals surface area contributed by atoms with E-state index < -0.39 is 0 Å². The molecule has 5 heteroatoms. The molecule has 0 aromatic heterocycles. The third-order valence-corrected chi connectivity index (χ3v) is 6.63. The van der Waals surface area contributed by atoms with Gasteiger partial charge in [0.25, 0.3) is 5.91 Å². The number of nitrogens with one attached hydrogen (secondary N) is 1. The van der Waals surface area contributed by atoms with Crippen LogP contribution < -0.4 is 10.1 Å². The van der Waals surface area contributed by atoms with Crippen molar-refractivity contribution in [2.45, 2.75) is 58.4 Å². The Labute approximate surface area is 191 Å². The van der Waals surface area contributed by atoms with Crippen molar-refractivity contribution >= 4 is 11.8 Å². The number of hydrogen-bond donors (Lipinski definition) is 1. The van der Waals surface area contributed by atoms with Gasteiger partial charge in [-0.2, -0.15) is 0 Å². The number of carbonyl (C=O) groups is 2. The smallest absolute Gasteiger partial charge is 0.257 e. The largest absolute Gasteiger partial charge is 0.484 e. The van der Waals surface area contributed by atoms with Crippen molar-refractivity contribution in [3.8, 4) is 5.75 Å². The van der Waals surface area contributed by atoms with Crippen molar-refractivity contribution in [3.63, 3.8) is 0 Å². The fourth-order valence-electron chi connectivity index (χ4n) is 4.99. The highest BCUT2D eigenvalue weighted by molar-refractivity contribution is 5.80. The summed E-state index contributed by atoms with van der Waals surface area (Å²) in [5, 5.41) is 2.84. The topological polar surface area (TPSA) is 58.6 Å². The van der Waals surface area contributed by atoms with Gasteiger partial charge < -0.3 is 15.0 Å². The van der Waals surface area contributed by atoms with Gasteiger partial charge in [-0.15, -0.1) is 0 Å². The van der Waals surface area contributed by atoms with E-state index in [-0.39, 0.29) is 30.4 Å². The first-order valence-corrected chi connectivity index (χ1v) is 12.0. The van der Waals surface area contributed by atoms with E-state index >= 15 is 0 Å². The van der Waals surface area contributed by atoms with Crippen LogP contribution in [0, 0.1) is 12.8 Å². The van der Waals surface area contributed by atoms with Crippen LogP contribution in [0.2, 0.25) is 0 Å². The Bertz CT molecular complexity index is 965. The fraction of sp³-hybridized carbons (Fsp3) is 0.481. The summed E-state index contributed by atoms with van der Waals surface area (Å²) in [6, 6.07) is 14.4. The molecule has 0 unspecified atom stereocenters. The summed E-state index contributed by atoms with van der Waals surface area (Å²) in [5.74, 6) is 0.983. The van der Waals surface area contributed by atoms with Gasteiger partial charge >= 0.3 is 0 Å². The molecule has 2 amide bonds. The standard InChI is InChI=1S/C27H34N2O3/c1-3-14-28-25(30)18-32-23-12-11-20-13-15-29(27(31)21-8-4-5-9-21)26(24(20)17-23)22-10-6-7-19(2)16-22/h6-7,10-12,16-17,21,26H,3-5,8-9,13-15,18H2,1-2H3,(H,28,30)/t26-/m1/s1. The first-order chi connectivity index (χ1) is 15.6. The lowest BCUT2D eigenvalue weighted by molar-refractivity contribution is -0.137. The molecule has 0 spiro atoms. The zero-order valence-electron chi connectivity index (χ0n) is 19.2. The zero-order chi connectivity index (χ0) is 22.5. The van der Waals surface area contributed by atoms with Gasteiger partial charge in [0.2, 0.25) is 5.91 Å². The zero-order valence-corrected chi connectivity index (χ0v) is 19.2. The third-order valence-electron chi connectivity index (χ3n) is 6.63. The van der Waals surface area contributed by atoms with Gasteiger partial charge in [-0.05, 0) is 61.4 Å². The van der Waals surface area contributed by atoms with Crippen molar-refractivity contribution in [2.24, 2.45) is 5.92 Å². The van der Waals surface area contributed by atoms with Crippen LogP contribution in [0.4, 0.5) is 0 Å². The molecular weight excluding hydrogens is 400 g/mol. The van der Waals surface area contributed by atoms with Crippen LogP contribution in [0.25, 0.3) is 0 Å². The Morgan fingerprint density at radius 2 is 1.94 bits per heavy atom. The van der Waals surface area contributed by atoms with Crippen LogP contribution >= 0.6 is 0 Å². The van der Waals surface area contributed by atoms with E-state index in [4.69, 9.17) is 4.74 Å². The lowest BCUT2D eigenvalue weighted by Crippen LogP contribution is -2.43. The van der Waals surface area contributed by atoms with Crippen molar-refractivity contribution in [2.75, 3.05) is 19.7 Å². The van der Waals surface area contributed by atoms with Crippen LogP contribution in [0.15, 0.2) is 42.5 Å². The van der Waals surface area contributed by atoms with Crippen LogP contribution in [-0.4, -0.2) is 36.4 Å². The van der Waals surface area contributed by atoms with Gasteiger partial charge in [-0.1, -0.05) is 55.7 Å². The second kappa shape index (κ2) is 10.2. The molecule has 1 heterocycles. The van der Waals surface area contributed by atoms with Gasteiger partial charge in [-0.25, -0.2) is 0 Å². The van der Waals surface area contributed by atoms with Crippen molar-refractivity contribution in [1.29, 1.82) is 0 Å². The number of aryl methyl sites for hydroxylation is 1. The van der Waals surface area contributed by atoms with Gasteiger partial charge in [-0.3, -0.25) is 9.59 Å². The minimum atomic E-state index is -0.121. The maximum Gasteiger partial charge on any atom is 0.257 e. The lowest BCUT2D eigenvalue weighted by atomic mass is 9.86. The molecule has 0 bridgehead atoms. The highest BCUT2D eigenvalue weighted by Gasteiger charge is 2.36. The number of fused-ring (bicyclic) bond motifs is 1. The van der Waals surface area contributed by atoms with E-state index in [1.807, 2.05) is 19.1 Å². The van der Waals surface area contributed by atoms with E-state index in [9.17, 15) is 9.59 Å². The van der Waals surface area contributed by atoms with Crippen LogP contribution in [0.5, 0.6) is 5.75 Å². The fourth-order valence-corrected chi connectivity index (χ4v) is 4.99. The Balaban J connectivity index is 1.64.